The fourth-order valence-electron chi connectivity index (χ4n) is 2.46. The molecule has 1 aliphatic heterocycles. The first kappa shape index (κ1) is 26.9. The summed E-state index contributed by atoms with van der Waals surface area (Å²) in [7, 11) is -16.8. The third-order valence-electron chi connectivity index (χ3n) is 3.71. The average Bonchev–Trinajstić information content (AvgIpc) is 2.76. The van der Waals surface area contributed by atoms with Crippen molar-refractivity contribution >= 4 is 47.3 Å². The second-order valence-corrected chi connectivity index (χ2v) is 11.8. The van der Waals surface area contributed by atoms with Gasteiger partial charge in [-0.05, 0) is 6.92 Å². The minimum absolute atomic E-state index is 0.500. The zero-order valence-electron chi connectivity index (χ0n) is 15.0. The van der Waals surface area contributed by atoms with E-state index in [9.17, 15) is 32.9 Å². The molecule has 0 amide bonds. The van der Waals surface area contributed by atoms with Crippen molar-refractivity contribution in [3.05, 3.63) is 27.1 Å². The summed E-state index contributed by atoms with van der Waals surface area (Å²) in [6.07, 6.45) is -4.14. The molecule has 6 N–H and O–H groups in total. The molecule has 15 nitrogen and oxygen atoms in total. The van der Waals surface area contributed by atoms with Gasteiger partial charge >= 0.3 is 29.2 Å². The Hall–Kier alpha value is -0.350. The predicted molar refractivity (Wildman–Crippen MR) is 99.8 cm³/mol. The number of nitrogens with one attached hydrogen (secondary N) is 1. The zero-order valence-corrected chi connectivity index (χ0v) is 19.2. The van der Waals surface area contributed by atoms with Gasteiger partial charge in [0.15, 0.2) is 12.0 Å². The maximum absolute atomic E-state index is 13.8. The number of aliphatic hydroxyl groups excluding tert-OH is 1. The van der Waals surface area contributed by atoms with Crippen molar-refractivity contribution in [2.45, 2.75) is 30.2 Å². The normalized spacial score (nSPS) is 30.6. The number of aliphatic hydroxyl groups is 1. The molecule has 31 heavy (non-hydrogen) atoms. The van der Waals surface area contributed by atoms with Crippen LogP contribution in [0.2, 0.25) is 0 Å². The molecular weight excluding hydrogens is 536 g/mol. The molecule has 0 saturated carbocycles. The van der Waals surface area contributed by atoms with Gasteiger partial charge in [-0.15, -0.1) is 11.6 Å². The van der Waals surface area contributed by atoms with E-state index in [4.69, 9.17) is 31.0 Å². The van der Waals surface area contributed by atoms with Gasteiger partial charge in [-0.25, -0.2) is 22.9 Å². The highest BCUT2D eigenvalue weighted by Crippen LogP contribution is 2.66. The Morgan fingerprint density at radius 2 is 1.87 bits per heavy atom. The zero-order chi connectivity index (χ0) is 24.0. The van der Waals surface area contributed by atoms with Crippen molar-refractivity contribution in [1.82, 2.24) is 9.55 Å². The van der Waals surface area contributed by atoms with Gasteiger partial charge in [0.2, 0.25) is 0 Å². The van der Waals surface area contributed by atoms with Crippen LogP contribution in [0.25, 0.3) is 0 Å². The Morgan fingerprint density at radius 3 is 2.42 bits per heavy atom. The van der Waals surface area contributed by atoms with E-state index in [1.165, 1.54) is 6.92 Å². The summed E-state index contributed by atoms with van der Waals surface area (Å²) in [6.45, 7) is 0.157. The van der Waals surface area contributed by atoms with E-state index in [0.29, 0.717) is 10.8 Å². The molecule has 0 bridgehead atoms. The van der Waals surface area contributed by atoms with E-state index >= 15 is 0 Å². The first-order valence-electron chi connectivity index (χ1n) is 7.66. The Balaban J connectivity index is 2.17. The van der Waals surface area contributed by atoms with E-state index in [1.54, 1.807) is 0 Å². The highest BCUT2D eigenvalue weighted by Gasteiger charge is 2.54. The molecule has 1 saturated heterocycles. The number of alkyl halides is 1. The molecule has 0 aliphatic carbocycles. The van der Waals surface area contributed by atoms with Crippen molar-refractivity contribution < 1.29 is 60.6 Å². The van der Waals surface area contributed by atoms with Crippen LogP contribution in [0.3, 0.4) is 0 Å². The number of rotatable bonds is 8. The van der Waals surface area contributed by atoms with Gasteiger partial charge in [0, 0.05) is 0 Å². The van der Waals surface area contributed by atoms with Crippen molar-refractivity contribution in [2.75, 3.05) is 6.61 Å². The first-order chi connectivity index (χ1) is 13.8. The summed E-state index contributed by atoms with van der Waals surface area (Å²) in [5.41, 5.74) is -0.955. The smallest absolute Gasteiger partial charge is 0.388 e. The second kappa shape index (κ2) is 9.12. The number of phosphoric ester groups is 1. The van der Waals surface area contributed by atoms with Gasteiger partial charge in [0.1, 0.15) is 21.7 Å². The molecule has 6 atom stereocenters. The molecule has 2 heterocycles. The monoisotopic (exact) mass is 550 g/mol. The molecule has 178 valence electrons. The predicted octanol–water partition coefficient (Wildman–Crippen LogP) is 0.644. The van der Waals surface area contributed by atoms with Crippen LogP contribution in [0.5, 0.6) is 0 Å². The van der Waals surface area contributed by atoms with Gasteiger partial charge in [-0.1, -0.05) is 12.2 Å². The van der Waals surface area contributed by atoms with Crippen molar-refractivity contribution in [1.29, 1.82) is 0 Å². The summed E-state index contributed by atoms with van der Waals surface area (Å²) in [6, 6.07) is 0. The van der Waals surface area contributed by atoms with Crippen molar-refractivity contribution in [3.63, 3.8) is 0 Å². The summed E-state index contributed by atoms with van der Waals surface area (Å²) in [5, 5.41) is 10.3. The van der Waals surface area contributed by atoms with Crippen molar-refractivity contribution in [3.8, 4) is 0 Å². The van der Waals surface area contributed by atoms with Crippen LogP contribution in [0, 0.1) is 10.5 Å². The van der Waals surface area contributed by atoms with Gasteiger partial charge in [-0.3, -0.25) is 14.1 Å². The number of aromatic nitrogens is 2. The van der Waals surface area contributed by atoms with Crippen LogP contribution in [0.4, 0.5) is 4.39 Å². The van der Waals surface area contributed by atoms with E-state index < -0.39 is 69.5 Å². The van der Waals surface area contributed by atoms with Crippen LogP contribution in [-0.4, -0.2) is 57.9 Å². The molecule has 0 aromatic carbocycles. The lowest BCUT2D eigenvalue weighted by molar-refractivity contribution is -0.0463. The topological polar surface area (TPSA) is 227 Å². The lowest BCUT2D eigenvalue weighted by atomic mass is 10.0. The molecule has 0 radical (unpaired) electrons. The first-order valence-corrected chi connectivity index (χ1v) is 13.0. The molecular formula is C10H15ClFN2O13P3S. The molecule has 1 aliphatic rings. The molecule has 0 spiro atoms. The van der Waals surface area contributed by atoms with E-state index in [1.807, 2.05) is 4.98 Å². The van der Waals surface area contributed by atoms with E-state index in [2.05, 4.69) is 25.4 Å². The minimum Gasteiger partial charge on any atom is -0.388 e. The van der Waals surface area contributed by atoms with Crippen LogP contribution in [0.15, 0.2) is 11.0 Å². The number of hydrogen-bond donors (Lipinski definition) is 6. The second-order valence-electron chi connectivity index (χ2n) is 6.15. The van der Waals surface area contributed by atoms with Gasteiger partial charge in [-0.2, -0.15) is 8.62 Å². The highest BCUT2D eigenvalue weighted by molar-refractivity contribution is 7.71. The standard InChI is InChI=1S/C10H15ClFN2O13P3S/c1-10(11)6(15)5(25-8(10)14-2-4(12)7(31)13-9(14)16)3-24-29(20,21)27-30(22,23)26-28(17,18)19/h2,5-6,8,15H,3H2,1H3,(H,20,21)(H,22,23)(H,13,16,31)(H2,17,18,19)/t5-,6+,8-,10?/m1/s1. The third-order valence-corrected chi connectivity index (χ3v) is 8.22. The number of phosphoric acid groups is 3. The third kappa shape index (κ3) is 6.82. The number of H-pyrrole nitrogens is 1. The number of aromatic amines is 1. The maximum Gasteiger partial charge on any atom is 0.490 e. The number of nitrogens with zero attached hydrogens (tertiary/aromatic N) is 1. The van der Waals surface area contributed by atoms with Crippen LogP contribution in [0.1, 0.15) is 13.2 Å². The molecule has 1 fully saturated rings. The fourth-order valence-corrected chi connectivity index (χ4v) is 5.92. The summed E-state index contributed by atoms with van der Waals surface area (Å²) in [4.78, 5) is 47.8. The average molecular weight is 551 g/mol. The van der Waals surface area contributed by atoms with Crippen LogP contribution < -0.4 is 5.69 Å². The molecule has 1 aromatic heterocycles. The van der Waals surface area contributed by atoms with Crippen LogP contribution >= 0.6 is 47.3 Å². The van der Waals surface area contributed by atoms with E-state index in [-0.39, 0.29) is 0 Å². The molecule has 3 unspecified atom stereocenters. The number of ether oxygens (including phenoxy) is 1. The maximum atomic E-state index is 13.8. The van der Waals surface area contributed by atoms with Gasteiger partial charge in [0.25, 0.3) is 0 Å². The molecule has 21 heteroatoms. The highest BCUT2D eigenvalue weighted by atomic mass is 35.5. The molecule has 1 aromatic rings. The SMILES string of the molecule is CC1(Cl)[C@@H](O)[C@@H](COP(=O)(O)OP(=O)(O)OP(=O)(O)O)O[C@H]1n1cc(F)c(=S)[nH]c1=O. The van der Waals surface area contributed by atoms with E-state index in [0.717, 1.165) is 0 Å². The summed E-state index contributed by atoms with van der Waals surface area (Å²) < 4.78 is 64.4. The summed E-state index contributed by atoms with van der Waals surface area (Å²) >= 11 is 10.8. The Morgan fingerprint density at radius 1 is 1.29 bits per heavy atom. The lowest BCUT2D eigenvalue weighted by Gasteiger charge is -2.26. The minimum atomic E-state index is -5.75. The van der Waals surface area contributed by atoms with Crippen LogP contribution in [-0.2, 0) is 31.6 Å². The molecule has 2 rings (SSSR count). The fraction of sp³-hybridized carbons (Fsp3) is 0.600. The Kier molecular flexibility index (Phi) is 7.92. The van der Waals surface area contributed by atoms with Gasteiger partial charge < -0.3 is 29.4 Å². The lowest BCUT2D eigenvalue weighted by Crippen LogP contribution is -2.42. The Labute approximate surface area is 181 Å². The largest absolute Gasteiger partial charge is 0.490 e. The Bertz CT molecular complexity index is 1100. The number of halogens is 2. The summed E-state index contributed by atoms with van der Waals surface area (Å²) in [5.74, 6) is -1.02. The van der Waals surface area contributed by atoms with Crippen molar-refractivity contribution in [2.24, 2.45) is 0 Å². The quantitative estimate of drug-likeness (QED) is 0.148. The van der Waals surface area contributed by atoms with Gasteiger partial charge in [0.05, 0.1) is 12.8 Å². The number of hydrogen-bond acceptors (Lipinski definition) is 10.